The van der Waals surface area contributed by atoms with Gasteiger partial charge in [-0.05, 0) is 37.6 Å². The molecule has 3 nitrogen and oxygen atoms in total. The van der Waals surface area contributed by atoms with Crippen molar-refractivity contribution in [3.8, 4) is 0 Å². The van der Waals surface area contributed by atoms with Gasteiger partial charge in [0.1, 0.15) is 0 Å². The van der Waals surface area contributed by atoms with Crippen LogP contribution in [0.5, 0.6) is 0 Å². The first-order valence-corrected chi connectivity index (χ1v) is 5.51. The number of Topliss-reactive ketones (excluding diaryl/α,β-unsaturated/α-hetero) is 1. The van der Waals surface area contributed by atoms with Gasteiger partial charge in [-0.1, -0.05) is 11.6 Å². The number of nitrogens with two attached hydrogens (primary N) is 1. The molecule has 0 saturated carbocycles. The second-order valence-corrected chi connectivity index (χ2v) is 5.19. The van der Waals surface area contributed by atoms with E-state index in [1.807, 2.05) is 0 Å². The van der Waals surface area contributed by atoms with E-state index in [-0.39, 0.29) is 5.78 Å². The summed E-state index contributed by atoms with van der Waals surface area (Å²) in [7, 11) is 0. The predicted octanol–water partition coefficient (Wildman–Crippen LogP) is 1.92. The average molecular weight is 240 g/mol. The molecular formula is C12H14ClNO2. The molecule has 3 N–H and O–H groups in total. The lowest BCUT2D eigenvalue weighted by atomic mass is 9.69. The van der Waals surface area contributed by atoms with E-state index in [1.165, 1.54) is 0 Å². The highest BCUT2D eigenvalue weighted by Gasteiger charge is 2.45. The number of aliphatic hydroxyl groups excluding tert-OH is 1. The first-order chi connectivity index (χ1) is 7.35. The topological polar surface area (TPSA) is 63.3 Å². The molecule has 1 aromatic carbocycles. The van der Waals surface area contributed by atoms with Crippen LogP contribution in [0.2, 0.25) is 5.02 Å². The fourth-order valence-electron chi connectivity index (χ4n) is 2.12. The van der Waals surface area contributed by atoms with E-state index >= 15 is 0 Å². The normalized spacial score (nSPS) is 27.7. The number of hydrogen-bond donors (Lipinski definition) is 2. The minimum atomic E-state index is -0.883. The van der Waals surface area contributed by atoms with E-state index in [4.69, 9.17) is 17.3 Å². The zero-order chi connectivity index (χ0) is 12.1. The van der Waals surface area contributed by atoms with Gasteiger partial charge in [-0.25, -0.2) is 0 Å². The van der Waals surface area contributed by atoms with Crippen molar-refractivity contribution in [2.45, 2.75) is 26.0 Å². The highest BCUT2D eigenvalue weighted by molar-refractivity contribution is 6.30. The fourth-order valence-corrected chi connectivity index (χ4v) is 2.30. The Morgan fingerprint density at radius 3 is 2.69 bits per heavy atom. The minimum Gasteiger partial charge on any atom is -0.390 e. The Morgan fingerprint density at radius 1 is 1.44 bits per heavy atom. The summed E-state index contributed by atoms with van der Waals surface area (Å²) in [6.45, 7) is 3.41. The smallest absolute Gasteiger partial charge is 0.171 e. The highest BCUT2D eigenvalue weighted by atomic mass is 35.5. The van der Waals surface area contributed by atoms with E-state index in [9.17, 15) is 9.90 Å². The van der Waals surface area contributed by atoms with Crippen molar-refractivity contribution >= 4 is 17.4 Å². The van der Waals surface area contributed by atoms with Gasteiger partial charge in [0, 0.05) is 10.6 Å². The number of hydrogen-bond acceptors (Lipinski definition) is 3. The van der Waals surface area contributed by atoms with Crippen LogP contribution in [0.3, 0.4) is 0 Å². The summed E-state index contributed by atoms with van der Waals surface area (Å²) in [4.78, 5) is 12.1. The standard InChI is InChI=1S/C12H14ClNO2/c1-12(2)10(15)7-4-3-6(13)5-8(7)9(14)11(12)16/h3-5,9,11,16H,14H2,1-2H3/t9-,11+/m1/s1. The number of carbonyl (C=O) groups is 1. The molecular weight excluding hydrogens is 226 g/mol. The number of aliphatic hydroxyl groups is 1. The van der Waals surface area contributed by atoms with E-state index in [0.717, 1.165) is 0 Å². The highest BCUT2D eigenvalue weighted by Crippen LogP contribution is 2.40. The summed E-state index contributed by atoms with van der Waals surface area (Å²) in [6, 6.07) is 4.42. The first kappa shape index (κ1) is 11.6. The Kier molecular flexibility index (Phi) is 2.57. The van der Waals surface area contributed by atoms with Crippen molar-refractivity contribution in [1.29, 1.82) is 0 Å². The summed E-state index contributed by atoms with van der Waals surface area (Å²) in [5.41, 5.74) is 6.28. The van der Waals surface area contributed by atoms with Gasteiger partial charge in [-0.2, -0.15) is 0 Å². The van der Waals surface area contributed by atoms with Crippen molar-refractivity contribution in [2.75, 3.05) is 0 Å². The second kappa shape index (κ2) is 3.55. The molecule has 0 aliphatic heterocycles. The number of carbonyl (C=O) groups excluding carboxylic acids is 1. The van der Waals surface area contributed by atoms with Crippen LogP contribution in [0.4, 0.5) is 0 Å². The molecule has 1 aliphatic carbocycles. The van der Waals surface area contributed by atoms with Crippen LogP contribution in [0.25, 0.3) is 0 Å². The van der Waals surface area contributed by atoms with Crippen molar-refractivity contribution in [3.63, 3.8) is 0 Å². The van der Waals surface area contributed by atoms with Gasteiger partial charge in [-0.3, -0.25) is 4.79 Å². The van der Waals surface area contributed by atoms with Crippen molar-refractivity contribution < 1.29 is 9.90 Å². The summed E-state index contributed by atoms with van der Waals surface area (Å²) in [5.74, 6) is -0.0895. The summed E-state index contributed by atoms with van der Waals surface area (Å²) in [6.07, 6.45) is -0.883. The second-order valence-electron chi connectivity index (χ2n) is 4.75. The Labute approximate surface area is 99.2 Å². The maximum atomic E-state index is 12.1. The van der Waals surface area contributed by atoms with Crippen molar-refractivity contribution in [1.82, 2.24) is 0 Å². The maximum Gasteiger partial charge on any atom is 0.171 e. The number of rotatable bonds is 0. The number of fused-ring (bicyclic) bond motifs is 1. The molecule has 0 unspecified atom stereocenters. The van der Waals surface area contributed by atoms with Crippen LogP contribution in [-0.2, 0) is 0 Å². The van der Waals surface area contributed by atoms with Gasteiger partial charge in [0.15, 0.2) is 5.78 Å². The third kappa shape index (κ3) is 1.47. The number of halogens is 1. The van der Waals surface area contributed by atoms with Crippen LogP contribution in [0.15, 0.2) is 18.2 Å². The molecule has 0 fully saturated rings. The third-order valence-electron chi connectivity index (χ3n) is 3.28. The average Bonchev–Trinajstić information content (AvgIpc) is 2.24. The van der Waals surface area contributed by atoms with E-state index in [1.54, 1.807) is 32.0 Å². The van der Waals surface area contributed by atoms with E-state index in [2.05, 4.69) is 0 Å². The van der Waals surface area contributed by atoms with Gasteiger partial charge in [0.2, 0.25) is 0 Å². The van der Waals surface area contributed by atoms with Crippen molar-refractivity contribution in [3.05, 3.63) is 34.3 Å². The Bertz CT molecular complexity index is 456. The summed E-state index contributed by atoms with van der Waals surface area (Å²) in [5, 5.41) is 10.5. The molecule has 0 radical (unpaired) electrons. The quantitative estimate of drug-likeness (QED) is 0.727. The molecule has 0 amide bonds. The van der Waals surface area contributed by atoms with Crippen LogP contribution in [0, 0.1) is 5.41 Å². The van der Waals surface area contributed by atoms with Crippen LogP contribution in [0.1, 0.15) is 35.8 Å². The zero-order valence-electron chi connectivity index (χ0n) is 9.20. The van der Waals surface area contributed by atoms with Crippen molar-refractivity contribution in [2.24, 2.45) is 11.1 Å². The van der Waals surface area contributed by atoms with Crippen LogP contribution >= 0.6 is 11.6 Å². The molecule has 0 heterocycles. The van der Waals surface area contributed by atoms with E-state index in [0.29, 0.717) is 16.1 Å². The van der Waals surface area contributed by atoms with Gasteiger partial charge in [0.05, 0.1) is 17.6 Å². The molecule has 1 aromatic rings. The SMILES string of the molecule is CC1(C)C(=O)c2ccc(Cl)cc2[C@@H](N)[C@@H]1O. The molecule has 16 heavy (non-hydrogen) atoms. The summed E-state index contributed by atoms with van der Waals surface area (Å²) >= 11 is 5.86. The molecule has 1 aliphatic rings. The summed E-state index contributed by atoms with van der Waals surface area (Å²) < 4.78 is 0. The predicted molar refractivity (Wildman–Crippen MR) is 62.5 cm³/mol. The van der Waals surface area contributed by atoms with Gasteiger partial charge in [-0.15, -0.1) is 0 Å². The molecule has 2 atom stereocenters. The third-order valence-corrected chi connectivity index (χ3v) is 3.52. The lowest BCUT2D eigenvalue weighted by Crippen LogP contribution is -2.48. The van der Waals surface area contributed by atoms with Gasteiger partial charge < -0.3 is 10.8 Å². The number of benzene rings is 1. The molecule has 2 rings (SSSR count). The first-order valence-electron chi connectivity index (χ1n) is 5.13. The lowest BCUT2D eigenvalue weighted by Gasteiger charge is -2.38. The molecule has 4 heteroatoms. The fraction of sp³-hybridized carbons (Fsp3) is 0.417. The number of ketones is 1. The molecule has 0 bridgehead atoms. The molecule has 0 spiro atoms. The van der Waals surface area contributed by atoms with Gasteiger partial charge in [0.25, 0.3) is 0 Å². The monoisotopic (exact) mass is 239 g/mol. The Morgan fingerprint density at radius 2 is 2.06 bits per heavy atom. The maximum absolute atomic E-state index is 12.1. The molecule has 86 valence electrons. The lowest BCUT2D eigenvalue weighted by molar-refractivity contribution is 0.0209. The zero-order valence-corrected chi connectivity index (χ0v) is 9.95. The molecule has 0 saturated heterocycles. The molecule has 0 aromatic heterocycles. The Hall–Kier alpha value is -0.900. The largest absolute Gasteiger partial charge is 0.390 e. The Balaban J connectivity index is 2.64. The van der Waals surface area contributed by atoms with Crippen LogP contribution < -0.4 is 5.73 Å². The minimum absolute atomic E-state index is 0.0895. The van der Waals surface area contributed by atoms with E-state index < -0.39 is 17.6 Å². The van der Waals surface area contributed by atoms with Gasteiger partial charge >= 0.3 is 0 Å². The van der Waals surface area contributed by atoms with Crippen LogP contribution in [-0.4, -0.2) is 17.0 Å².